The van der Waals surface area contributed by atoms with E-state index in [0.717, 1.165) is 69.3 Å². The molecule has 2 aliphatic rings. The van der Waals surface area contributed by atoms with Crippen molar-refractivity contribution in [2.24, 2.45) is 10.9 Å². The molecule has 5 heteroatoms. The first-order valence-corrected chi connectivity index (χ1v) is 9.20. The summed E-state index contributed by atoms with van der Waals surface area (Å²) in [6, 6.07) is 3.98. The van der Waals surface area contributed by atoms with E-state index in [2.05, 4.69) is 52.0 Å². The third kappa shape index (κ3) is 5.65. The molecule has 0 N–H and O–H groups in total. The van der Waals surface area contributed by atoms with Gasteiger partial charge in [-0.05, 0) is 38.1 Å². The number of pyridine rings is 1. The Kier molecular flexibility index (Phi) is 6.59. The van der Waals surface area contributed by atoms with Gasteiger partial charge in [-0.1, -0.05) is 12.2 Å². The maximum Gasteiger partial charge on any atom is 0.187 e. The lowest BCUT2D eigenvalue weighted by Crippen LogP contribution is -2.44. The van der Waals surface area contributed by atoms with Crippen LogP contribution in [-0.4, -0.2) is 73.6 Å². The molecule has 0 aromatic carbocycles. The van der Waals surface area contributed by atoms with Gasteiger partial charge in [0.05, 0.1) is 6.54 Å². The molecule has 5 nitrogen and oxygen atoms in total. The number of allylic oxidation sites excluding steroid dienone is 1. The number of hydrogen-bond donors (Lipinski definition) is 0. The van der Waals surface area contributed by atoms with E-state index in [4.69, 9.17) is 4.74 Å². The fourth-order valence-electron chi connectivity index (χ4n) is 3.28. The summed E-state index contributed by atoms with van der Waals surface area (Å²) >= 11 is 0. The smallest absolute Gasteiger partial charge is 0.187 e. The van der Waals surface area contributed by atoms with Crippen molar-refractivity contribution in [1.29, 1.82) is 0 Å². The molecule has 1 atom stereocenters. The van der Waals surface area contributed by atoms with Crippen molar-refractivity contribution >= 4 is 5.90 Å². The van der Waals surface area contributed by atoms with E-state index < -0.39 is 0 Å². The van der Waals surface area contributed by atoms with Gasteiger partial charge in [0.15, 0.2) is 5.90 Å². The molecule has 0 bridgehead atoms. The van der Waals surface area contributed by atoms with Gasteiger partial charge in [0.2, 0.25) is 0 Å². The van der Waals surface area contributed by atoms with Crippen LogP contribution < -0.4 is 0 Å². The number of piperazine rings is 1. The lowest BCUT2D eigenvalue weighted by molar-refractivity contribution is 0.166. The molecular weight excluding hydrogens is 312 g/mol. The Labute approximate surface area is 151 Å². The van der Waals surface area contributed by atoms with E-state index in [0.29, 0.717) is 6.61 Å². The normalized spacial score (nSPS) is 20.6. The number of nitrogens with zero attached hydrogens (tertiary/aromatic N) is 4. The quantitative estimate of drug-likeness (QED) is 0.712. The van der Waals surface area contributed by atoms with Gasteiger partial charge in [-0.25, -0.2) is 0 Å². The molecule has 0 saturated carbocycles. The van der Waals surface area contributed by atoms with E-state index in [-0.39, 0.29) is 5.92 Å². The van der Waals surface area contributed by atoms with Crippen LogP contribution in [-0.2, 0) is 11.2 Å². The minimum absolute atomic E-state index is 0.264. The van der Waals surface area contributed by atoms with Gasteiger partial charge >= 0.3 is 0 Å². The zero-order valence-corrected chi connectivity index (χ0v) is 15.2. The largest absolute Gasteiger partial charge is 0.479 e. The van der Waals surface area contributed by atoms with Crippen molar-refractivity contribution in [2.45, 2.75) is 12.8 Å². The lowest BCUT2D eigenvalue weighted by Gasteiger charge is -2.31. The van der Waals surface area contributed by atoms with Crippen LogP contribution in [0, 0.1) is 12.8 Å². The molecule has 0 aliphatic carbocycles. The highest BCUT2D eigenvalue weighted by Gasteiger charge is 2.21. The highest BCUT2D eigenvalue weighted by atomic mass is 16.5. The molecule has 0 amide bonds. The molecule has 1 fully saturated rings. The summed E-state index contributed by atoms with van der Waals surface area (Å²) in [5.41, 5.74) is 2.06. The Balaban J connectivity index is 1.53. The predicted molar refractivity (Wildman–Crippen MR) is 102 cm³/mol. The molecular formula is C20H29N4O. The van der Waals surface area contributed by atoms with Crippen LogP contribution in [0.25, 0.3) is 0 Å². The maximum absolute atomic E-state index is 5.73. The van der Waals surface area contributed by atoms with E-state index in [1.54, 1.807) is 0 Å². The van der Waals surface area contributed by atoms with E-state index >= 15 is 0 Å². The molecule has 1 aromatic heterocycles. The summed E-state index contributed by atoms with van der Waals surface area (Å²) in [4.78, 5) is 13.9. The van der Waals surface area contributed by atoms with Crippen LogP contribution in [0.1, 0.15) is 17.7 Å². The minimum Gasteiger partial charge on any atom is -0.479 e. The number of aromatic nitrogens is 1. The molecule has 135 valence electrons. The molecule has 1 saturated heterocycles. The van der Waals surface area contributed by atoms with Crippen LogP contribution in [0.3, 0.4) is 0 Å². The van der Waals surface area contributed by atoms with Crippen LogP contribution in [0.2, 0.25) is 0 Å². The Bertz CT molecular complexity index is 605. The Morgan fingerprint density at radius 2 is 2.12 bits per heavy atom. The number of aliphatic imine (C=N–C) groups is 1. The Hall–Kier alpha value is -1.72. The van der Waals surface area contributed by atoms with Gasteiger partial charge in [0.25, 0.3) is 0 Å². The van der Waals surface area contributed by atoms with Crippen molar-refractivity contribution in [1.82, 2.24) is 14.8 Å². The molecule has 1 unspecified atom stereocenters. The SMILES string of the molecule is [CH2]c1ccnc(CC(CC=CCN2CCN(C)CC2)C2=NCCO2)c1. The van der Waals surface area contributed by atoms with E-state index in [9.17, 15) is 0 Å². The first-order chi connectivity index (χ1) is 12.2. The van der Waals surface area contributed by atoms with Crippen molar-refractivity contribution in [3.8, 4) is 0 Å². The highest BCUT2D eigenvalue weighted by molar-refractivity contribution is 5.80. The number of hydrogen-bond acceptors (Lipinski definition) is 5. The maximum atomic E-state index is 5.73. The summed E-state index contributed by atoms with van der Waals surface area (Å²) in [5.74, 6) is 1.15. The van der Waals surface area contributed by atoms with E-state index in [1.165, 1.54) is 0 Å². The molecule has 3 rings (SSSR count). The predicted octanol–water partition coefficient (Wildman–Crippen LogP) is 2.04. The van der Waals surface area contributed by atoms with Crippen LogP contribution >= 0.6 is 0 Å². The van der Waals surface area contributed by atoms with Gasteiger partial charge in [-0.15, -0.1) is 0 Å². The van der Waals surface area contributed by atoms with E-state index in [1.807, 2.05) is 12.3 Å². The van der Waals surface area contributed by atoms with Crippen LogP contribution in [0.4, 0.5) is 0 Å². The van der Waals surface area contributed by atoms with Crippen LogP contribution in [0.5, 0.6) is 0 Å². The molecule has 3 heterocycles. The molecule has 2 aliphatic heterocycles. The first-order valence-electron chi connectivity index (χ1n) is 9.20. The van der Waals surface area contributed by atoms with Crippen molar-refractivity contribution in [3.63, 3.8) is 0 Å². The fourth-order valence-corrected chi connectivity index (χ4v) is 3.28. The number of rotatable bonds is 7. The molecule has 1 radical (unpaired) electrons. The fraction of sp³-hybridized carbons (Fsp3) is 0.550. The standard InChI is InChI=1S/C20H29N4O/c1-17-6-7-21-19(15-17)16-18(20-22-8-14-25-20)5-3-4-9-24-12-10-23(2)11-13-24/h3-4,6-7,15,18H,1,5,8-14,16H2,2H3. The summed E-state index contributed by atoms with van der Waals surface area (Å²) in [5, 5.41) is 0. The Morgan fingerprint density at radius 1 is 1.28 bits per heavy atom. The number of ether oxygens (including phenoxy) is 1. The number of likely N-dealkylation sites (N-methyl/N-ethyl adjacent to an activating group) is 1. The second kappa shape index (κ2) is 9.11. The molecule has 0 spiro atoms. The van der Waals surface area contributed by atoms with Crippen molar-refractivity contribution in [2.75, 3.05) is 52.9 Å². The van der Waals surface area contributed by atoms with Gasteiger partial charge < -0.3 is 9.64 Å². The Morgan fingerprint density at radius 3 is 2.84 bits per heavy atom. The minimum atomic E-state index is 0.264. The average Bonchev–Trinajstić information content (AvgIpc) is 3.14. The lowest BCUT2D eigenvalue weighted by atomic mass is 9.97. The third-order valence-corrected chi connectivity index (χ3v) is 4.84. The monoisotopic (exact) mass is 341 g/mol. The molecule has 25 heavy (non-hydrogen) atoms. The summed E-state index contributed by atoms with van der Waals surface area (Å²) in [7, 11) is 2.19. The average molecular weight is 341 g/mol. The summed E-state index contributed by atoms with van der Waals surface area (Å²) in [6.45, 7) is 11.1. The second-order valence-electron chi connectivity index (χ2n) is 6.94. The third-order valence-electron chi connectivity index (χ3n) is 4.84. The van der Waals surface area contributed by atoms with Gasteiger partial charge in [0.1, 0.15) is 6.61 Å². The molecule has 1 aromatic rings. The van der Waals surface area contributed by atoms with Crippen molar-refractivity contribution in [3.05, 3.63) is 48.7 Å². The van der Waals surface area contributed by atoms with Gasteiger partial charge in [0, 0.05) is 57.0 Å². The van der Waals surface area contributed by atoms with Gasteiger partial charge in [-0.2, -0.15) is 0 Å². The van der Waals surface area contributed by atoms with Gasteiger partial charge in [-0.3, -0.25) is 14.9 Å². The summed E-state index contributed by atoms with van der Waals surface area (Å²) < 4.78 is 5.73. The summed E-state index contributed by atoms with van der Waals surface area (Å²) in [6.07, 6.45) is 8.19. The van der Waals surface area contributed by atoms with Crippen molar-refractivity contribution < 1.29 is 4.74 Å². The first kappa shape index (κ1) is 18.1. The highest BCUT2D eigenvalue weighted by Crippen LogP contribution is 2.18. The topological polar surface area (TPSA) is 41.0 Å². The zero-order chi connectivity index (χ0) is 17.5. The zero-order valence-electron chi connectivity index (χ0n) is 15.2. The second-order valence-corrected chi connectivity index (χ2v) is 6.94. The van der Waals surface area contributed by atoms with Crippen LogP contribution in [0.15, 0.2) is 35.5 Å².